The molecule has 4 aromatic rings. The molecule has 3 heterocycles. The fourth-order valence-electron chi connectivity index (χ4n) is 2.79. The van der Waals surface area contributed by atoms with Gasteiger partial charge in [0.2, 0.25) is 5.91 Å². The number of benzene rings is 1. The molecule has 3 aromatic heterocycles. The van der Waals surface area contributed by atoms with Crippen LogP contribution in [0.2, 0.25) is 0 Å². The van der Waals surface area contributed by atoms with Crippen molar-refractivity contribution in [1.29, 1.82) is 0 Å². The van der Waals surface area contributed by atoms with Crippen LogP contribution in [0.1, 0.15) is 5.82 Å². The Labute approximate surface area is 161 Å². The van der Waals surface area contributed by atoms with Crippen LogP contribution in [0.15, 0.2) is 73.6 Å². The number of nitrogens with zero attached hydrogens (tertiary/aromatic N) is 5. The molecule has 0 radical (unpaired) electrons. The molecule has 0 spiro atoms. The van der Waals surface area contributed by atoms with Gasteiger partial charge in [0.15, 0.2) is 0 Å². The zero-order valence-electron chi connectivity index (χ0n) is 15.3. The molecule has 8 nitrogen and oxygen atoms in total. The quantitative estimate of drug-likeness (QED) is 0.542. The van der Waals surface area contributed by atoms with Crippen LogP contribution in [0.4, 0.5) is 17.2 Å². The molecule has 140 valence electrons. The van der Waals surface area contributed by atoms with E-state index in [0.29, 0.717) is 5.82 Å². The minimum atomic E-state index is -0.0759. The predicted molar refractivity (Wildman–Crippen MR) is 107 cm³/mol. The third-order valence-electron chi connectivity index (χ3n) is 4.16. The van der Waals surface area contributed by atoms with E-state index in [4.69, 9.17) is 0 Å². The van der Waals surface area contributed by atoms with Crippen molar-refractivity contribution in [3.05, 3.63) is 79.4 Å². The van der Waals surface area contributed by atoms with Gasteiger partial charge in [-0.2, -0.15) is 0 Å². The molecule has 0 aliphatic heterocycles. The number of carbonyl (C=O) groups is 1. The Morgan fingerprint density at radius 1 is 1.00 bits per heavy atom. The Morgan fingerprint density at radius 3 is 2.46 bits per heavy atom. The number of aryl methyl sites for hydroxylation is 1. The third kappa shape index (κ3) is 4.07. The van der Waals surface area contributed by atoms with E-state index in [9.17, 15) is 4.79 Å². The molecule has 4 rings (SSSR count). The molecule has 0 unspecified atom stereocenters. The second-order valence-corrected chi connectivity index (χ2v) is 6.21. The van der Waals surface area contributed by atoms with Gasteiger partial charge in [0, 0.05) is 42.2 Å². The van der Waals surface area contributed by atoms with Gasteiger partial charge in [-0.1, -0.05) is 0 Å². The van der Waals surface area contributed by atoms with Crippen LogP contribution in [0.5, 0.6) is 0 Å². The van der Waals surface area contributed by atoms with Crippen molar-refractivity contribution in [3.63, 3.8) is 0 Å². The summed E-state index contributed by atoms with van der Waals surface area (Å²) in [6.45, 7) is 2.20. The summed E-state index contributed by atoms with van der Waals surface area (Å²) in [6, 6.07) is 13.1. The lowest BCUT2D eigenvalue weighted by Gasteiger charge is -2.10. The number of anilines is 3. The predicted octanol–water partition coefficient (Wildman–Crippen LogP) is 3.15. The summed E-state index contributed by atoms with van der Waals surface area (Å²) in [5, 5.41) is 6.12. The summed E-state index contributed by atoms with van der Waals surface area (Å²) in [5.41, 5.74) is 1.59. The largest absolute Gasteiger partial charge is 0.345 e. The summed E-state index contributed by atoms with van der Waals surface area (Å²) in [6.07, 6.45) is 8.80. The minimum absolute atomic E-state index is 0.0759. The van der Waals surface area contributed by atoms with Gasteiger partial charge < -0.3 is 15.2 Å². The molecule has 2 N–H and O–H groups in total. The van der Waals surface area contributed by atoms with E-state index in [1.807, 2.05) is 77.1 Å². The van der Waals surface area contributed by atoms with Crippen LogP contribution in [0.25, 0.3) is 5.82 Å². The molecular formula is C20H19N7O. The summed E-state index contributed by atoms with van der Waals surface area (Å²) in [4.78, 5) is 24.8. The van der Waals surface area contributed by atoms with E-state index in [1.54, 1.807) is 6.20 Å². The normalized spacial score (nSPS) is 10.6. The average Bonchev–Trinajstić information content (AvgIpc) is 3.35. The zero-order chi connectivity index (χ0) is 19.3. The Kier molecular flexibility index (Phi) is 4.83. The second-order valence-electron chi connectivity index (χ2n) is 6.21. The van der Waals surface area contributed by atoms with Crippen LogP contribution in [0.3, 0.4) is 0 Å². The lowest BCUT2D eigenvalue weighted by molar-refractivity contribution is -0.116. The van der Waals surface area contributed by atoms with Crippen molar-refractivity contribution in [2.45, 2.75) is 13.5 Å². The maximum atomic E-state index is 12.1. The van der Waals surface area contributed by atoms with Crippen molar-refractivity contribution in [1.82, 2.24) is 24.1 Å². The number of carbonyl (C=O) groups excluding carboxylic acids is 1. The number of imidazole rings is 1. The Bertz CT molecular complexity index is 1070. The fraction of sp³-hybridized carbons (Fsp3) is 0.100. The van der Waals surface area contributed by atoms with Crippen LogP contribution in [-0.2, 0) is 11.3 Å². The molecule has 1 aromatic carbocycles. The molecule has 0 aliphatic rings. The summed E-state index contributed by atoms with van der Waals surface area (Å²) in [7, 11) is 0. The zero-order valence-corrected chi connectivity index (χ0v) is 15.3. The lowest BCUT2D eigenvalue weighted by atomic mass is 10.2. The van der Waals surface area contributed by atoms with Gasteiger partial charge in [-0.05, 0) is 43.3 Å². The monoisotopic (exact) mass is 373 g/mol. The lowest BCUT2D eigenvalue weighted by Crippen LogP contribution is -2.17. The van der Waals surface area contributed by atoms with E-state index < -0.39 is 0 Å². The van der Waals surface area contributed by atoms with Crippen molar-refractivity contribution in [2.24, 2.45) is 0 Å². The number of nitrogens with one attached hydrogen (secondary N) is 2. The number of rotatable bonds is 6. The first-order valence-electron chi connectivity index (χ1n) is 8.77. The first-order valence-corrected chi connectivity index (χ1v) is 8.77. The van der Waals surface area contributed by atoms with Crippen LogP contribution >= 0.6 is 0 Å². The fourth-order valence-corrected chi connectivity index (χ4v) is 2.79. The molecule has 28 heavy (non-hydrogen) atoms. The maximum Gasteiger partial charge on any atom is 0.244 e. The van der Waals surface area contributed by atoms with Gasteiger partial charge in [-0.15, -0.1) is 0 Å². The highest BCUT2D eigenvalue weighted by molar-refractivity contribution is 5.90. The highest BCUT2D eigenvalue weighted by Crippen LogP contribution is 2.19. The van der Waals surface area contributed by atoms with E-state index in [1.165, 1.54) is 6.33 Å². The van der Waals surface area contributed by atoms with Gasteiger partial charge in [0.25, 0.3) is 0 Å². The van der Waals surface area contributed by atoms with E-state index >= 15 is 0 Å². The van der Waals surface area contributed by atoms with Crippen molar-refractivity contribution >= 4 is 23.1 Å². The van der Waals surface area contributed by atoms with E-state index in [2.05, 4.69) is 25.6 Å². The van der Waals surface area contributed by atoms with Crippen LogP contribution < -0.4 is 10.6 Å². The molecule has 0 aliphatic carbocycles. The van der Waals surface area contributed by atoms with E-state index in [-0.39, 0.29) is 12.5 Å². The average molecular weight is 373 g/mol. The van der Waals surface area contributed by atoms with Gasteiger partial charge in [-0.3, -0.25) is 9.36 Å². The molecule has 0 saturated carbocycles. The molecule has 0 saturated heterocycles. The van der Waals surface area contributed by atoms with Crippen molar-refractivity contribution in [2.75, 3.05) is 10.6 Å². The number of hydrogen-bond donors (Lipinski definition) is 2. The van der Waals surface area contributed by atoms with Gasteiger partial charge >= 0.3 is 0 Å². The van der Waals surface area contributed by atoms with Crippen LogP contribution in [-0.4, -0.2) is 30.0 Å². The van der Waals surface area contributed by atoms with Crippen molar-refractivity contribution in [3.8, 4) is 5.82 Å². The SMILES string of the molecule is Cc1nccn1-c1cc(Nc2ccc(NC(=O)Cn3cccc3)cc2)ncn1. The number of aromatic nitrogens is 5. The Balaban J connectivity index is 1.41. The number of amides is 1. The van der Waals surface area contributed by atoms with Crippen LogP contribution in [0, 0.1) is 6.92 Å². The summed E-state index contributed by atoms with van der Waals surface area (Å²) >= 11 is 0. The summed E-state index contributed by atoms with van der Waals surface area (Å²) in [5.74, 6) is 2.18. The highest BCUT2D eigenvalue weighted by atomic mass is 16.1. The van der Waals surface area contributed by atoms with Crippen molar-refractivity contribution < 1.29 is 4.79 Å². The topological polar surface area (TPSA) is 89.7 Å². The third-order valence-corrected chi connectivity index (χ3v) is 4.16. The molecular weight excluding hydrogens is 354 g/mol. The molecule has 0 atom stereocenters. The second kappa shape index (κ2) is 7.75. The standard InChI is InChI=1S/C20H19N7O/c1-15-21-8-11-27(15)19-12-18(22-14-23-19)24-16-4-6-17(7-5-16)25-20(28)13-26-9-2-3-10-26/h2-12,14H,13H2,1H3,(H,25,28)(H,22,23,24). The summed E-state index contributed by atoms with van der Waals surface area (Å²) < 4.78 is 3.70. The Morgan fingerprint density at radius 2 is 1.75 bits per heavy atom. The number of hydrogen-bond acceptors (Lipinski definition) is 5. The first-order chi connectivity index (χ1) is 13.7. The molecule has 0 fully saturated rings. The highest BCUT2D eigenvalue weighted by Gasteiger charge is 2.06. The van der Waals surface area contributed by atoms with Gasteiger partial charge in [0.1, 0.15) is 30.3 Å². The molecule has 8 heteroatoms. The molecule has 1 amide bonds. The van der Waals surface area contributed by atoms with E-state index in [0.717, 1.165) is 23.0 Å². The molecule has 0 bridgehead atoms. The van der Waals surface area contributed by atoms with Gasteiger partial charge in [0.05, 0.1) is 0 Å². The maximum absolute atomic E-state index is 12.1. The minimum Gasteiger partial charge on any atom is -0.345 e. The van der Waals surface area contributed by atoms with Gasteiger partial charge in [-0.25, -0.2) is 15.0 Å². The Hall–Kier alpha value is -3.94. The first kappa shape index (κ1) is 17.5. The smallest absolute Gasteiger partial charge is 0.244 e.